The van der Waals surface area contributed by atoms with Crippen molar-refractivity contribution in [2.24, 2.45) is 17.6 Å². The number of nitrogens with one attached hydrogen (secondary N) is 1. The molecule has 0 spiro atoms. The average Bonchev–Trinajstić information content (AvgIpc) is 2.25. The Morgan fingerprint density at radius 1 is 1.35 bits per heavy atom. The molecular weight excluding hydrogens is 216 g/mol. The SMILES string of the molecule is CCOC(C)CNC(=O)CC(CN)CC(C)C. The van der Waals surface area contributed by atoms with Crippen LogP contribution in [0.15, 0.2) is 0 Å². The molecule has 0 fully saturated rings. The number of ether oxygens (including phenoxy) is 1. The maximum Gasteiger partial charge on any atom is 0.220 e. The predicted molar refractivity (Wildman–Crippen MR) is 70.7 cm³/mol. The number of amides is 1. The van der Waals surface area contributed by atoms with Crippen LogP contribution in [0.1, 0.15) is 40.5 Å². The molecule has 1 amide bonds. The van der Waals surface area contributed by atoms with Gasteiger partial charge in [0.15, 0.2) is 0 Å². The number of hydrogen-bond donors (Lipinski definition) is 2. The normalized spacial score (nSPS) is 14.7. The fourth-order valence-corrected chi connectivity index (χ4v) is 1.86. The largest absolute Gasteiger partial charge is 0.377 e. The van der Waals surface area contributed by atoms with E-state index in [0.717, 1.165) is 6.42 Å². The third-order valence-electron chi connectivity index (χ3n) is 2.65. The highest BCUT2D eigenvalue weighted by Gasteiger charge is 2.14. The molecule has 0 aromatic rings. The molecule has 4 nitrogen and oxygen atoms in total. The van der Waals surface area contributed by atoms with E-state index in [9.17, 15) is 4.79 Å². The minimum Gasteiger partial charge on any atom is -0.377 e. The molecule has 2 unspecified atom stereocenters. The van der Waals surface area contributed by atoms with Crippen LogP contribution in [0.5, 0.6) is 0 Å². The van der Waals surface area contributed by atoms with E-state index in [4.69, 9.17) is 10.5 Å². The Labute approximate surface area is 105 Å². The van der Waals surface area contributed by atoms with E-state index < -0.39 is 0 Å². The van der Waals surface area contributed by atoms with Gasteiger partial charge in [-0.1, -0.05) is 13.8 Å². The van der Waals surface area contributed by atoms with Crippen molar-refractivity contribution in [1.29, 1.82) is 0 Å². The van der Waals surface area contributed by atoms with Gasteiger partial charge in [-0.25, -0.2) is 0 Å². The van der Waals surface area contributed by atoms with E-state index in [2.05, 4.69) is 19.2 Å². The van der Waals surface area contributed by atoms with Crippen LogP contribution >= 0.6 is 0 Å². The molecule has 102 valence electrons. The van der Waals surface area contributed by atoms with Gasteiger partial charge in [-0.15, -0.1) is 0 Å². The predicted octanol–water partition coefficient (Wildman–Crippen LogP) is 1.54. The van der Waals surface area contributed by atoms with Crippen LogP contribution < -0.4 is 11.1 Å². The Morgan fingerprint density at radius 2 is 2.00 bits per heavy atom. The van der Waals surface area contributed by atoms with Gasteiger partial charge in [0.2, 0.25) is 5.91 Å². The summed E-state index contributed by atoms with van der Waals surface area (Å²) in [6.45, 7) is 10.0. The third kappa shape index (κ3) is 9.12. The lowest BCUT2D eigenvalue weighted by Crippen LogP contribution is -2.34. The molecule has 0 saturated heterocycles. The summed E-state index contributed by atoms with van der Waals surface area (Å²) < 4.78 is 5.35. The summed E-state index contributed by atoms with van der Waals surface area (Å²) in [6.07, 6.45) is 1.60. The maximum absolute atomic E-state index is 11.7. The highest BCUT2D eigenvalue weighted by atomic mass is 16.5. The van der Waals surface area contributed by atoms with Crippen LogP contribution in [0.2, 0.25) is 0 Å². The molecule has 2 atom stereocenters. The van der Waals surface area contributed by atoms with E-state index in [-0.39, 0.29) is 17.9 Å². The van der Waals surface area contributed by atoms with E-state index in [1.54, 1.807) is 0 Å². The first-order valence-corrected chi connectivity index (χ1v) is 6.57. The third-order valence-corrected chi connectivity index (χ3v) is 2.65. The molecule has 0 aromatic heterocycles. The summed E-state index contributed by atoms with van der Waals surface area (Å²) in [5, 5.41) is 2.89. The van der Waals surface area contributed by atoms with Crippen molar-refractivity contribution in [3.63, 3.8) is 0 Å². The van der Waals surface area contributed by atoms with Crippen molar-refractivity contribution in [2.45, 2.75) is 46.6 Å². The molecular formula is C13H28N2O2. The van der Waals surface area contributed by atoms with Gasteiger partial charge in [0.25, 0.3) is 0 Å². The van der Waals surface area contributed by atoms with Gasteiger partial charge in [-0.2, -0.15) is 0 Å². The fraction of sp³-hybridized carbons (Fsp3) is 0.923. The lowest BCUT2D eigenvalue weighted by molar-refractivity contribution is -0.122. The summed E-state index contributed by atoms with van der Waals surface area (Å²) in [6, 6.07) is 0. The minimum absolute atomic E-state index is 0.0744. The molecule has 0 bridgehead atoms. The summed E-state index contributed by atoms with van der Waals surface area (Å²) in [5.41, 5.74) is 5.67. The van der Waals surface area contributed by atoms with Crippen LogP contribution in [0.4, 0.5) is 0 Å². The van der Waals surface area contributed by atoms with E-state index >= 15 is 0 Å². The fourth-order valence-electron chi connectivity index (χ4n) is 1.86. The number of carbonyl (C=O) groups excluding carboxylic acids is 1. The molecule has 0 aromatic carbocycles. The minimum atomic E-state index is 0.0744. The zero-order valence-corrected chi connectivity index (χ0v) is 11.7. The van der Waals surface area contributed by atoms with E-state index in [1.165, 1.54) is 0 Å². The molecule has 0 saturated carbocycles. The maximum atomic E-state index is 11.7. The first kappa shape index (κ1) is 16.4. The van der Waals surface area contributed by atoms with Crippen molar-refractivity contribution >= 4 is 5.91 Å². The molecule has 0 rings (SSSR count). The first-order valence-electron chi connectivity index (χ1n) is 6.57. The molecule has 4 heteroatoms. The number of rotatable bonds is 9. The van der Waals surface area contributed by atoms with Gasteiger partial charge < -0.3 is 15.8 Å². The molecule has 3 N–H and O–H groups in total. The van der Waals surface area contributed by atoms with E-state index in [0.29, 0.717) is 32.0 Å². The van der Waals surface area contributed by atoms with Crippen molar-refractivity contribution in [3.05, 3.63) is 0 Å². The van der Waals surface area contributed by atoms with Crippen LogP contribution in [-0.2, 0) is 9.53 Å². The van der Waals surface area contributed by atoms with Crippen LogP contribution in [0, 0.1) is 11.8 Å². The zero-order chi connectivity index (χ0) is 13.3. The van der Waals surface area contributed by atoms with Crippen molar-refractivity contribution in [3.8, 4) is 0 Å². The molecule has 0 aliphatic heterocycles. The second-order valence-electron chi connectivity index (χ2n) is 5.01. The highest BCUT2D eigenvalue weighted by molar-refractivity contribution is 5.76. The van der Waals surface area contributed by atoms with Gasteiger partial charge in [-0.05, 0) is 38.6 Å². The smallest absolute Gasteiger partial charge is 0.220 e. The molecule has 0 heterocycles. The van der Waals surface area contributed by atoms with Crippen LogP contribution in [0.3, 0.4) is 0 Å². The summed E-state index contributed by atoms with van der Waals surface area (Å²) in [7, 11) is 0. The van der Waals surface area contributed by atoms with Gasteiger partial charge in [-0.3, -0.25) is 4.79 Å². The Kier molecular flexibility index (Phi) is 9.09. The second kappa shape index (κ2) is 9.42. The van der Waals surface area contributed by atoms with Crippen LogP contribution in [0.25, 0.3) is 0 Å². The second-order valence-corrected chi connectivity index (χ2v) is 5.01. The monoisotopic (exact) mass is 244 g/mol. The van der Waals surface area contributed by atoms with Crippen molar-refractivity contribution in [1.82, 2.24) is 5.32 Å². The standard InChI is InChI=1S/C13H28N2O2/c1-5-17-11(4)9-15-13(16)7-12(8-14)6-10(2)3/h10-12H,5-9,14H2,1-4H3,(H,15,16). The van der Waals surface area contributed by atoms with E-state index in [1.807, 2.05) is 13.8 Å². The topological polar surface area (TPSA) is 64.3 Å². The highest BCUT2D eigenvalue weighted by Crippen LogP contribution is 2.13. The quantitative estimate of drug-likeness (QED) is 0.646. The number of carbonyl (C=O) groups is 1. The number of nitrogens with two attached hydrogens (primary N) is 1. The molecule has 17 heavy (non-hydrogen) atoms. The van der Waals surface area contributed by atoms with Gasteiger partial charge >= 0.3 is 0 Å². The molecule has 0 radical (unpaired) electrons. The number of hydrogen-bond acceptors (Lipinski definition) is 3. The summed E-state index contributed by atoms with van der Waals surface area (Å²) in [5.74, 6) is 0.948. The average molecular weight is 244 g/mol. The Morgan fingerprint density at radius 3 is 2.47 bits per heavy atom. The first-order chi connectivity index (χ1) is 7.99. The lowest BCUT2D eigenvalue weighted by atomic mass is 9.94. The van der Waals surface area contributed by atoms with Crippen molar-refractivity contribution < 1.29 is 9.53 Å². The van der Waals surface area contributed by atoms with Gasteiger partial charge in [0.1, 0.15) is 0 Å². The Bertz CT molecular complexity index is 208. The zero-order valence-electron chi connectivity index (χ0n) is 11.7. The summed E-state index contributed by atoms with van der Waals surface area (Å²) in [4.78, 5) is 11.7. The van der Waals surface area contributed by atoms with Crippen molar-refractivity contribution in [2.75, 3.05) is 19.7 Å². The molecule has 0 aliphatic rings. The lowest BCUT2D eigenvalue weighted by Gasteiger charge is -2.18. The summed E-state index contributed by atoms with van der Waals surface area (Å²) >= 11 is 0. The van der Waals surface area contributed by atoms with Crippen LogP contribution in [-0.4, -0.2) is 31.7 Å². The Balaban J connectivity index is 3.82. The van der Waals surface area contributed by atoms with Gasteiger partial charge in [0, 0.05) is 19.6 Å². The Hall–Kier alpha value is -0.610. The van der Waals surface area contributed by atoms with Gasteiger partial charge in [0.05, 0.1) is 6.10 Å². The molecule has 0 aliphatic carbocycles.